The molecule has 0 saturated carbocycles. The first-order valence-electron chi connectivity index (χ1n) is 9.16. The van der Waals surface area contributed by atoms with E-state index in [1.807, 2.05) is 66.7 Å². The molecule has 2 aromatic carbocycles. The van der Waals surface area contributed by atoms with Gasteiger partial charge in [0.25, 0.3) is 0 Å². The summed E-state index contributed by atoms with van der Waals surface area (Å²) in [6.07, 6.45) is 1.77. The minimum atomic E-state index is 0.472. The average molecular weight is 378 g/mol. The smallest absolute Gasteiger partial charge is 0.229 e. The molecule has 0 unspecified atom stereocenters. The molecule has 0 atom stereocenters. The molecule has 4 rings (SSSR count). The zero-order valence-corrected chi connectivity index (χ0v) is 15.6. The predicted molar refractivity (Wildman–Crippen MR) is 113 cm³/mol. The van der Waals surface area contributed by atoms with Crippen LogP contribution in [0.15, 0.2) is 85.1 Å². The highest BCUT2D eigenvalue weighted by molar-refractivity contribution is 5.66. The van der Waals surface area contributed by atoms with Crippen LogP contribution in [0.5, 0.6) is 0 Å². The molecule has 0 radical (unpaired) electrons. The second-order valence-corrected chi connectivity index (χ2v) is 6.32. The van der Waals surface area contributed by atoms with Crippen molar-refractivity contribution in [2.45, 2.75) is 6.54 Å². The molecule has 0 aliphatic carbocycles. The summed E-state index contributed by atoms with van der Waals surface area (Å²) in [7, 11) is 0. The van der Waals surface area contributed by atoms with Gasteiger partial charge in [0.2, 0.25) is 5.95 Å². The summed E-state index contributed by atoms with van der Waals surface area (Å²) in [5.41, 5.74) is 4.14. The van der Waals surface area contributed by atoms with E-state index in [1.165, 1.54) is 0 Å². The Morgan fingerprint density at radius 1 is 0.862 bits per heavy atom. The molecule has 0 spiro atoms. The molecular weight excluding hydrogens is 360 g/mol. The number of hydrogen-bond acceptors (Lipinski definition) is 6. The minimum Gasteiger partial charge on any atom is -0.364 e. The predicted octanol–water partition coefficient (Wildman–Crippen LogP) is 4.77. The van der Waals surface area contributed by atoms with Crippen LogP contribution in [-0.4, -0.2) is 15.0 Å². The van der Waals surface area contributed by atoms with Crippen LogP contribution in [0.25, 0.3) is 11.3 Å². The minimum absolute atomic E-state index is 0.472. The van der Waals surface area contributed by atoms with Gasteiger partial charge < -0.3 is 10.6 Å². The summed E-state index contributed by atoms with van der Waals surface area (Å²) in [5.74, 6) is 1.17. The number of pyridine rings is 1. The van der Waals surface area contributed by atoms with Crippen molar-refractivity contribution >= 4 is 17.5 Å². The standard InChI is InChI=1S/C23H18N6/c24-15-17-9-11-19(12-10-17)27-23-28-21(18-6-2-1-3-7-18)14-22(29-23)26-16-20-8-4-5-13-25-20/h1-14H,16H2,(H2,26,27,28,29). The van der Waals surface area contributed by atoms with Gasteiger partial charge in [0.15, 0.2) is 0 Å². The third-order valence-electron chi connectivity index (χ3n) is 4.24. The Balaban J connectivity index is 1.63. The molecule has 0 fully saturated rings. The first-order chi connectivity index (χ1) is 14.3. The summed E-state index contributed by atoms with van der Waals surface area (Å²) in [6, 6.07) is 27.0. The molecule has 0 amide bonds. The quantitative estimate of drug-likeness (QED) is 0.503. The third kappa shape index (κ3) is 4.73. The van der Waals surface area contributed by atoms with Gasteiger partial charge in [0.05, 0.1) is 29.6 Å². The number of nitrogens with zero attached hydrogens (tertiary/aromatic N) is 4. The highest BCUT2D eigenvalue weighted by atomic mass is 15.1. The van der Waals surface area contributed by atoms with E-state index < -0.39 is 0 Å². The van der Waals surface area contributed by atoms with E-state index in [0.717, 1.165) is 22.6 Å². The van der Waals surface area contributed by atoms with Gasteiger partial charge in [-0.15, -0.1) is 0 Å². The molecule has 0 saturated heterocycles. The van der Waals surface area contributed by atoms with Crippen molar-refractivity contribution in [1.29, 1.82) is 5.26 Å². The number of anilines is 3. The van der Waals surface area contributed by atoms with Crippen LogP contribution in [0, 0.1) is 11.3 Å². The van der Waals surface area contributed by atoms with Gasteiger partial charge in [0.1, 0.15) is 5.82 Å². The van der Waals surface area contributed by atoms with Crippen LogP contribution >= 0.6 is 0 Å². The number of benzene rings is 2. The first-order valence-corrected chi connectivity index (χ1v) is 9.16. The lowest BCUT2D eigenvalue weighted by molar-refractivity contribution is 1.02. The monoisotopic (exact) mass is 378 g/mol. The molecule has 2 N–H and O–H groups in total. The van der Waals surface area contributed by atoms with E-state index in [2.05, 4.69) is 31.7 Å². The highest BCUT2D eigenvalue weighted by Gasteiger charge is 2.08. The van der Waals surface area contributed by atoms with Crippen molar-refractivity contribution in [3.05, 3.63) is 96.3 Å². The van der Waals surface area contributed by atoms with Crippen molar-refractivity contribution in [3.63, 3.8) is 0 Å². The SMILES string of the molecule is N#Cc1ccc(Nc2nc(NCc3ccccn3)cc(-c3ccccc3)n2)cc1. The number of aromatic nitrogens is 3. The molecule has 4 aromatic rings. The second kappa shape index (κ2) is 8.63. The Bertz CT molecular complexity index is 1120. The van der Waals surface area contributed by atoms with Gasteiger partial charge in [-0.1, -0.05) is 36.4 Å². The van der Waals surface area contributed by atoms with E-state index in [9.17, 15) is 0 Å². The van der Waals surface area contributed by atoms with Crippen LogP contribution in [0.4, 0.5) is 17.5 Å². The maximum atomic E-state index is 8.96. The normalized spacial score (nSPS) is 10.2. The molecule has 2 heterocycles. The molecule has 6 heteroatoms. The fourth-order valence-corrected chi connectivity index (χ4v) is 2.79. The lowest BCUT2D eigenvalue weighted by Crippen LogP contribution is -2.06. The summed E-state index contributed by atoms with van der Waals surface area (Å²) in [6.45, 7) is 0.558. The average Bonchev–Trinajstić information content (AvgIpc) is 2.79. The number of nitriles is 1. The van der Waals surface area contributed by atoms with Gasteiger partial charge in [-0.3, -0.25) is 4.98 Å². The largest absolute Gasteiger partial charge is 0.364 e. The summed E-state index contributed by atoms with van der Waals surface area (Å²) >= 11 is 0. The Kier molecular flexibility index (Phi) is 5.40. The molecular formula is C23H18N6. The van der Waals surface area contributed by atoms with Crippen LogP contribution in [0.2, 0.25) is 0 Å². The van der Waals surface area contributed by atoms with Gasteiger partial charge >= 0.3 is 0 Å². The summed E-state index contributed by atoms with van der Waals surface area (Å²) in [4.78, 5) is 13.6. The van der Waals surface area contributed by atoms with E-state index in [0.29, 0.717) is 23.9 Å². The van der Waals surface area contributed by atoms with Crippen molar-refractivity contribution in [1.82, 2.24) is 15.0 Å². The molecule has 2 aromatic heterocycles. The third-order valence-corrected chi connectivity index (χ3v) is 4.24. The van der Waals surface area contributed by atoms with E-state index in [-0.39, 0.29) is 0 Å². The Labute approximate surface area is 168 Å². The fourth-order valence-electron chi connectivity index (χ4n) is 2.79. The van der Waals surface area contributed by atoms with Crippen molar-refractivity contribution < 1.29 is 0 Å². The fraction of sp³-hybridized carbons (Fsp3) is 0.0435. The van der Waals surface area contributed by atoms with Gasteiger partial charge in [0, 0.05) is 23.5 Å². The van der Waals surface area contributed by atoms with Crippen molar-refractivity contribution in [2.75, 3.05) is 10.6 Å². The lowest BCUT2D eigenvalue weighted by atomic mass is 10.1. The molecule has 0 bridgehead atoms. The molecule has 140 valence electrons. The van der Waals surface area contributed by atoms with Crippen LogP contribution in [-0.2, 0) is 6.54 Å². The number of rotatable bonds is 6. The number of nitrogens with one attached hydrogen (secondary N) is 2. The zero-order chi connectivity index (χ0) is 19.9. The van der Waals surface area contributed by atoms with Crippen LogP contribution in [0.1, 0.15) is 11.3 Å². The maximum absolute atomic E-state index is 8.96. The Hall–Kier alpha value is -4.24. The lowest BCUT2D eigenvalue weighted by Gasteiger charge is -2.11. The van der Waals surface area contributed by atoms with Gasteiger partial charge in [-0.2, -0.15) is 10.2 Å². The summed E-state index contributed by atoms with van der Waals surface area (Å²) < 4.78 is 0. The van der Waals surface area contributed by atoms with E-state index in [1.54, 1.807) is 18.3 Å². The van der Waals surface area contributed by atoms with Crippen molar-refractivity contribution in [3.8, 4) is 17.3 Å². The van der Waals surface area contributed by atoms with E-state index in [4.69, 9.17) is 5.26 Å². The molecule has 0 aliphatic rings. The Morgan fingerprint density at radius 3 is 2.38 bits per heavy atom. The van der Waals surface area contributed by atoms with Crippen LogP contribution in [0.3, 0.4) is 0 Å². The van der Waals surface area contributed by atoms with E-state index >= 15 is 0 Å². The van der Waals surface area contributed by atoms with Crippen molar-refractivity contribution in [2.24, 2.45) is 0 Å². The Morgan fingerprint density at radius 2 is 1.66 bits per heavy atom. The molecule has 6 nitrogen and oxygen atoms in total. The van der Waals surface area contributed by atoms with Gasteiger partial charge in [-0.25, -0.2) is 4.98 Å². The van der Waals surface area contributed by atoms with Gasteiger partial charge in [-0.05, 0) is 36.4 Å². The highest BCUT2D eigenvalue weighted by Crippen LogP contribution is 2.23. The molecule has 29 heavy (non-hydrogen) atoms. The maximum Gasteiger partial charge on any atom is 0.229 e. The first kappa shape index (κ1) is 18.1. The zero-order valence-electron chi connectivity index (χ0n) is 15.6. The second-order valence-electron chi connectivity index (χ2n) is 6.32. The van der Waals surface area contributed by atoms with Crippen LogP contribution < -0.4 is 10.6 Å². The molecule has 0 aliphatic heterocycles. The topological polar surface area (TPSA) is 86.5 Å². The summed E-state index contributed by atoms with van der Waals surface area (Å²) in [5, 5.41) is 15.5. The number of hydrogen-bond donors (Lipinski definition) is 2.